The molecule has 1 heterocycles. The molecule has 1 N–H and O–H groups in total. The molecule has 2 aromatic rings. The predicted molar refractivity (Wildman–Crippen MR) is 99.0 cm³/mol. The van der Waals surface area contributed by atoms with E-state index in [2.05, 4.69) is 10.3 Å². The molecule has 1 aromatic heterocycles. The smallest absolute Gasteiger partial charge is 0.235 e. The quantitative estimate of drug-likeness (QED) is 0.760. The minimum Gasteiger partial charge on any atom is -0.444 e. The molecule has 1 saturated carbocycles. The zero-order valence-corrected chi connectivity index (χ0v) is 15.8. The van der Waals surface area contributed by atoms with Crippen LogP contribution < -0.4 is 5.32 Å². The first-order valence-corrected chi connectivity index (χ1v) is 10.9. The van der Waals surface area contributed by atoms with Crippen molar-refractivity contribution in [3.8, 4) is 11.5 Å². The van der Waals surface area contributed by atoms with Gasteiger partial charge < -0.3 is 9.73 Å². The zero-order chi connectivity index (χ0) is 19.3. The fraction of sp³-hybridized carbons (Fsp3) is 0.474. The van der Waals surface area contributed by atoms with Crippen LogP contribution in [0.15, 0.2) is 34.9 Å². The Kier molecular flexibility index (Phi) is 6.26. The molecule has 8 heteroatoms. The number of nitrogens with one attached hydrogen (secondary N) is 1. The number of amides is 1. The van der Waals surface area contributed by atoms with Crippen LogP contribution >= 0.6 is 0 Å². The summed E-state index contributed by atoms with van der Waals surface area (Å²) < 4.78 is 42.9. The summed E-state index contributed by atoms with van der Waals surface area (Å²) in [5.41, 5.74) is 0.766. The third kappa shape index (κ3) is 5.89. The number of hydrogen-bond acceptors (Lipinski definition) is 5. The molecule has 0 bridgehead atoms. The van der Waals surface area contributed by atoms with Gasteiger partial charge in [-0.2, -0.15) is 0 Å². The number of nitrogens with zero attached hydrogens (tertiary/aromatic N) is 1. The fourth-order valence-electron chi connectivity index (χ4n) is 3.27. The summed E-state index contributed by atoms with van der Waals surface area (Å²) in [6.07, 6.45) is 7.48. The largest absolute Gasteiger partial charge is 0.444 e. The number of hydrogen-bond donors (Lipinski definition) is 1. The van der Waals surface area contributed by atoms with Gasteiger partial charge in [-0.15, -0.1) is 0 Å². The monoisotopic (exact) mass is 394 g/mol. The number of sulfone groups is 1. The molecular weight excluding hydrogens is 371 g/mol. The standard InChI is InChI=1S/C19H23FN2O4S/c20-15-9-7-14(8-10-15)19-22-17(11-26-19)12-27(24,25)13-18(23)21-16-5-3-1-2-4-6-16/h7-11,16H,1-6,12-13H2,(H,21,23). The molecule has 1 aromatic carbocycles. The SMILES string of the molecule is O=C(CS(=O)(=O)Cc1coc(-c2ccc(F)cc2)n1)NC1CCCCCC1. The minimum absolute atomic E-state index is 0.0623. The highest BCUT2D eigenvalue weighted by molar-refractivity contribution is 7.91. The maximum Gasteiger partial charge on any atom is 0.235 e. The van der Waals surface area contributed by atoms with Crippen molar-refractivity contribution >= 4 is 15.7 Å². The van der Waals surface area contributed by atoms with Crippen molar-refractivity contribution in [3.05, 3.63) is 42.0 Å². The van der Waals surface area contributed by atoms with Crippen LogP contribution in [0, 0.1) is 5.82 Å². The molecule has 1 amide bonds. The van der Waals surface area contributed by atoms with Gasteiger partial charge in [0.25, 0.3) is 0 Å². The molecule has 3 rings (SSSR count). The first-order valence-electron chi connectivity index (χ1n) is 9.11. The molecule has 6 nitrogen and oxygen atoms in total. The summed E-state index contributed by atoms with van der Waals surface area (Å²) in [6.45, 7) is 0. The average molecular weight is 394 g/mol. The maximum atomic E-state index is 13.0. The second-order valence-electron chi connectivity index (χ2n) is 6.94. The molecule has 1 aliphatic carbocycles. The van der Waals surface area contributed by atoms with E-state index in [1.807, 2.05) is 0 Å². The lowest BCUT2D eigenvalue weighted by Gasteiger charge is -2.16. The van der Waals surface area contributed by atoms with Crippen LogP contribution in [0.25, 0.3) is 11.5 Å². The van der Waals surface area contributed by atoms with Gasteiger partial charge in [-0.3, -0.25) is 4.79 Å². The van der Waals surface area contributed by atoms with Gasteiger partial charge in [0.2, 0.25) is 11.8 Å². The zero-order valence-electron chi connectivity index (χ0n) is 15.0. The third-order valence-electron chi connectivity index (χ3n) is 4.58. The maximum absolute atomic E-state index is 13.0. The van der Waals surface area contributed by atoms with Crippen molar-refractivity contribution in [1.82, 2.24) is 10.3 Å². The summed E-state index contributed by atoms with van der Waals surface area (Å²) in [6, 6.07) is 5.60. The van der Waals surface area contributed by atoms with E-state index in [0.717, 1.165) is 38.5 Å². The lowest BCUT2D eigenvalue weighted by atomic mass is 10.1. The fourth-order valence-corrected chi connectivity index (χ4v) is 4.44. The van der Waals surface area contributed by atoms with Crippen LogP contribution in [-0.4, -0.2) is 31.1 Å². The Bertz CT molecular complexity index is 869. The summed E-state index contributed by atoms with van der Waals surface area (Å²) in [5.74, 6) is -1.59. The molecule has 27 heavy (non-hydrogen) atoms. The van der Waals surface area contributed by atoms with E-state index in [1.54, 1.807) is 0 Å². The third-order valence-corrected chi connectivity index (χ3v) is 6.02. The van der Waals surface area contributed by atoms with Crippen molar-refractivity contribution in [1.29, 1.82) is 0 Å². The highest BCUT2D eigenvalue weighted by atomic mass is 32.2. The Hall–Kier alpha value is -2.22. The van der Waals surface area contributed by atoms with Crippen LogP contribution in [0.4, 0.5) is 4.39 Å². The van der Waals surface area contributed by atoms with Crippen molar-refractivity contribution in [2.24, 2.45) is 0 Å². The lowest BCUT2D eigenvalue weighted by molar-refractivity contribution is -0.119. The normalized spacial score (nSPS) is 16.0. The van der Waals surface area contributed by atoms with Crippen molar-refractivity contribution in [2.45, 2.75) is 50.3 Å². The Morgan fingerprint density at radius 1 is 1.15 bits per heavy atom. The van der Waals surface area contributed by atoms with Crippen LogP contribution in [0.1, 0.15) is 44.2 Å². The van der Waals surface area contributed by atoms with E-state index >= 15 is 0 Å². The van der Waals surface area contributed by atoms with Crippen LogP contribution in [0.3, 0.4) is 0 Å². The summed E-state index contributed by atoms with van der Waals surface area (Å²) in [7, 11) is -3.66. The first-order chi connectivity index (χ1) is 12.9. The average Bonchev–Trinajstić information content (AvgIpc) is 2.89. The molecule has 146 valence electrons. The second-order valence-corrected chi connectivity index (χ2v) is 9.00. The van der Waals surface area contributed by atoms with Gasteiger partial charge in [0.1, 0.15) is 17.8 Å². The van der Waals surface area contributed by atoms with E-state index in [0.29, 0.717) is 5.56 Å². The van der Waals surface area contributed by atoms with E-state index in [1.165, 1.54) is 30.5 Å². The molecule has 0 radical (unpaired) electrons. The molecular formula is C19H23FN2O4S. The molecule has 1 aliphatic rings. The Labute approximate surface area is 158 Å². The topological polar surface area (TPSA) is 89.3 Å². The summed E-state index contributed by atoms with van der Waals surface area (Å²) in [4.78, 5) is 16.2. The van der Waals surface area contributed by atoms with Gasteiger partial charge in [-0.1, -0.05) is 25.7 Å². The Morgan fingerprint density at radius 2 is 1.81 bits per heavy atom. The number of carbonyl (C=O) groups is 1. The molecule has 0 spiro atoms. The summed E-state index contributed by atoms with van der Waals surface area (Å²) >= 11 is 0. The second kappa shape index (κ2) is 8.65. The van der Waals surface area contributed by atoms with E-state index < -0.39 is 21.5 Å². The van der Waals surface area contributed by atoms with Gasteiger partial charge in [0.05, 0.1) is 11.4 Å². The van der Waals surface area contributed by atoms with Crippen LogP contribution in [0.5, 0.6) is 0 Å². The van der Waals surface area contributed by atoms with Crippen molar-refractivity contribution < 1.29 is 22.0 Å². The molecule has 0 saturated heterocycles. The van der Waals surface area contributed by atoms with Gasteiger partial charge in [0, 0.05) is 11.6 Å². The summed E-state index contributed by atoms with van der Waals surface area (Å²) in [5, 5.41) is 2.84. The van der Waals surface area contributed by atoms with Gasteiger partial charge in [0.15, 0.2) is 9.84 Å². The number of carbonyl (C=O) groups excluding carboxylic acids is 1. The first kappa shape index (κ1) is 19.5. The van der Waals surface area contributed by atoms with Gasteiger partial charge in [-0.05, 0) is 37.1 Å². The molecule has 1 fully saturated rings. The Balaban J connectivity index is 1.57. The van der Waals surface area contributed by atoms with Gasteiger partial charge in [-0.25, -0.2) is 17.8 Å². The van der Waals surface area contributed by atoms with E-state index in [4.69, 9.17) is 4.42 Å². The molecule has 0 aliphatic heterocycles. The number of rotatable bonds is 6. The van der Waals surface area contributed by atoms with Crippen molar-refractivity contribution in [2.75, 3.05) is 5.75 Å². The van der Waals surface area contributed by atoms with Gasteiger partial charge >= 0.3 is 0 Å². The van der Waals surface area contributed by atoms with Crippen LogP contribution in [-0.2, 0) is 20.4 Å². The van der Waals surface area contributed by atoms with E-state index in [-0.39, 0.29) is 29.2 Å². The number of benzene rings is 1. The molecule has 0 atom stereocenters. The lowest BCUT2D eigenvalue weighted by Crippen LogP contribution is -2.38. The number of oxazole rings is 1. The highest BCUT2D eigenvalue weighted by Gasteiger charge is 2.22. The highest BCUT2D eigenvalue weighted by Crippen LogP contribution is 2.20. The predicted octanol–water partition coefficient (Wildman–Crippen LogP) is 3.23. The number of aromatic nitrogens is 1. The van der Waals surface area contributed by atoms with Crippen molar-refractivity contribution in [3.63, 3.8) is 0 Å². The molecule has 0 unspecified atom stereocenters. The Morgan fingerprint density at radius 3 is 2.48 bits per heavy atom. The van der Waals surface area contributed by atoms with Crippen LogP contribution in [0.2, 0.25) is 0 Å². The number of halogens is 1. The van der Waals surface area contributed by atoms with E-state index in [9.17, 15) is 17.6 Å². The minimum atomic E-state index is -3.66.